The third-order valence-electron chi connectivity index (χ3n) is 3.39. The Morgan fingerprint density at radius 3 is 2.75 bits per heavy atom. The van der Waals surface area contributed by atoms with Crippen molar-refractivity contribution in [1.29, 1.82) is 0 Å². The molecule has 20 heavy (non-hydrogen) atoms. The second-order valence-electron chi connectivity index (χ2n) is 4.96. The molecule has 0 aromatic heterocycles. The van der Waals surface area contributed by atoms with Gasteiger partial charge < -0.3 is 11.1 Å². The molecule has 3 N–H and O–H groups in total. The SMILES string of the molecule is NCC(NC(=O)Cc1ccc([N+](=O)[O-])cc1Cl)C1CC1. The topological polar surface area (TPSA) is 98.3 Å². The highest BCUT2D eigenvalue weighted by molar-refractivity contribution is 6.31. The molecule has 0 bridgehead atoms. The van der Waals surface area contributed by atoms with Crippen molar-refractivity contribution in [1.82, 2.24) is 5.32 Å². The van der Waals surface area contributed by atoms with Crippen LogP contribution >= 0.6 is 11.6 Å². The molecule has 1 unspecified atom stereocenters. The summed E-state index contributed by atoms with van der Waals surface area (Å²) in [5.41, 5.74) is 6.11. The van der Waals surface area contributed by atoms with Gasteiger partial charge in [0.2, 0.25) is 5.91 Å². The van der Waals surface area contributed by atoms with Crippen molar-refractivity contribution in [2.24, 2.45) is 11.7 Å². The van der Waals surface area contributed by atoms with Gasteiger partial charge in [-0.25, -0.2) is 0 Å². The highest BCUT2D eigenvalue weighted by Crippen LogP contribution is 2.32. The fraction of sp³-hybridized carbons (Fsp3) is 0.462. The summed E-state index contributed by atoms with van der Waals surface area (Å²) in [7, 11) is 0. The Morgan fingerprint density at radius 1 is 1.55 bits per heavy atom. The first-order chi connectivity index (χ1) is 9.51. The summed E-state index contributed by atoms with van der Waals surface area (Å²) in [6.07, 6.45) is 2.29. The normalized spacial score (nSPS) is 15.7. The Bertz CT molecular complexity index is 532. The second-order valence-corrected chi connectivity index (χ2v) is 5.36. The Labute approximate surface area is 121 Å². The predicted molar refractivity (Wildman–Crippen MR) is 75.5 cm³/mol. The summed E-state index contributed by atoms with van der Waals surface area (Å²) in [6.45, 7) is 0.421. The molecule has 0 spiro atoms. The van der Waals surface area contributed by atoms with Crippen LogP contribution in [-0.2, 0) is 11.2 Å². The summed E-state index contributed by atoms with van der Waals surface area (Å²) < 4.78 is 0. The first-order valence-corrected chi connectivity index (χ1v) is 6.81. The third-order valence-corrected chi connectivity index (χ3v) is 3.74. The summed E-state index contributed by atoms with van der Waals surface area (Å²) in [4.78, 5) is 22.0. The Balaban J connectivity index is 1.98. The number of carbonyl (C=O) groups is 1. The molecule has 6 nitrogen and oxygen atoms in total. The number of amides is 1. The lowest BCUT2D eigenvalue weighted by Crippen LogP contribution is -2.42. The fourth-order valence-electron chi connectivity index (χ4n) is 2.09. The van der Waals surface area contributed by atoms with Gasteiger partial charge in [0, 0.05) is 24.7 Å². The van der Waals surface area contributed by atoms with Crippen LogP contribution in [0.4, 0.5) is 5.69 Å². The van der Waals surface area contributed by atoms with E-state index in [9.17, 15) is 14.9 Å². The van der Waals surface area contributed by atoms with Gasteiger partial charge in [-0.1, -0.05) is 17.7 Å². The smallest absolute Gasteiger partial charge is 0.270 e. The van der Waals surface area contributed by atoms with Crippen molar-refractivity contribution in [3.8, 4) is 0 Å². The zero-order valence-corrected chi connectivity index (χ0v) is 11.6. The number of halogens is 1. The lowest BCUT2D eigenvalue weighted by molar-refractivity contribution is -0.384. The first kappa shape index (κ1) is 14.7. The summed E-state index contributed by atoms with van der Waals surface area (Å²) in [6, 6.07) is 4.12. The van der Waals surface area contributed by atoms with E-state index in [1.807, 2.05) is 0 Å². The molecule has 1 saturated carbocycles. The molecule has 1 aromatic rings. The van der Waals surface area contributed by atoms with Crippen molar-refractivity contribution in [3.05, 3.63) is 38.9 Å². The molecule has 1 aromatic carbocycles. The minimum Gasteiger partial charge on any atom is -0.352 e. The van der Waals surface area contributed by atoms with Gasteiger partial charge in [-0.2, -0.15) is 0 Å². The maximum absolute atomic E-state index is 11.9. The fourth-order valence-corrected chi connectivity index (χ4v) is 2.33. The number of rotatable bonds is 6. The highest BCUT2D eigenvalue weighted by Gasteiger charge is 2.31. The maximum atomic E-state index is 11.9. The molecular formula is C13H16ClN3O3. The zero-order chi connectivity index (χ0) is 14.7. The average Bonchev–Trinajstić information content (AvgIpc) is 3.22. The van der Waals surface area contributed by atoms with Crippen LogP contribution in [0.1, 0.15) is 18.4 Å². The van der Waals surface area contributed by atoms with Gasteiger partial charge >= 0.3 is 0 Å². The quantitative estimate of drug-likeness (QED) is 0.616. The van der Waals surface area contributed by atoms with Gasteiger partial charge in [0.05, 0.1) is 16.4 Å². The van der Waals surface area contributed by atoms with Crippen LogP contribution in [0.5, 0.6) is 0 Å². The Morgan fingerprint density at radius 2 is 2.25 bits per heavy atom. The standard InChI is InChI=1S/C13H16ClN3O3/c14-11-6-10(17(19)20)4-3-9(11)5-13(18)16-12(7-15)8-1-2-8/h3-4,6,8,12H,1-2,5,7,15H2,(H,16,18). The van der Waals surface area contributed by atoms with Gasteiger partial charge in [-0.05, 0) is 24.3 Å². The zero-order valence-electron chi connectivity index (χ0n) is 10.8. The van der Waals surface area contributed by atoms with Crippen molar-refractivity contribution < 1.29 is 9.72 Å². The van der Waals surface area contributed by atoms with Gasteiger partial charge in [0.25, 0.3) is 5.69 Å². The van der Waals surface area contributed by atoms with Gasteiger partial charge in [-0.3, -0.25) is 14.9 Å². The number of hydrogen-bond acceptors (Lipinski definition) is 4. The van der Waals surface area contributed by atoms with E-state index in [1.54, 1.807) is 0 Å². The minimum absolute atomic E-state index is 0.0133. The van der Waals surface area contributed by atoms with E-state index < -0.39 is 4.92 Å². The first-order valence-electron chi connectivity index (χ1n) is 6.43. The van der Waals surface area contributed by atoms with Crippen molar-refractivity contribution in [2.45, 2.75) is 25.3 Å². The van der Waals surface area contributed by atoms with Crippen LogP contribution in [0.3, 0.4) is 0 Å². The molecule has 108 valence electrons. The molecule has 2 rings (SSSR count). The summed E-state index contributed by atoms with van der Waals surface area (Å²) >= 11 is 5.95. The number of nitrogens with zero attached hydrogens (tertiary/aromatic N) is 1. The minimum atomic E-state index is -0.521. The van der Waals surface area contributed by atoms with E-state index in [0.29, 0.717) is 18.0 Å². The van der Waals surface area contributed by atoms with E-state index >= 15 is 0 Å². The molecule has 1 amide bonds. The van der Waals surface area contributed by atoms with Crippen LogP contribution in [0.2, 0.25) is 5.02 Å². The number of hydrogen-bond donors (Lipinski definition) is 2. The van der Waals surface area contributed by atoms with Gasteiger partial charge in [-0.15, -0.1) is 0 Å². The average molecular weight is 298 g/mol. The summed E-state index contributed by atoms with van der Waals surface area (Å²) in [5.74, 6) is 0.319. The Hall–Kier alpha value is -1.66. The molecule has 0 heterocycles. The van der Waals surface area contributed by atoms with E-state index in [4.69, 9.17) is 17.3 Å². The molecule has 1 aliphatic rings. The van der Waals surface area contributed by atoms with E-state index in [0.717, 1.165) is 12.8 Å². The number of nitro groups is 1. The number of carbonyl (C=O) groups excluding carboxylic acids is 1. The van der Waals surface area contributed by atoms with E-state index in [1.165, 1.54) is 18.2 Å². The number of nitro benzene ring substituents is 1. The van der Waals surface area contributed by atoms with Crippen molar-refractivity contribution in [3.63, 3.8) is 0 Å². The lowest BCUT2D eigenvalue weighted by Gasteiger charge is -2.16. The maximum Gasteiger partial charge on any atom is 0.270 e. The monoisotopic (exact) mass is 297 g/mol. The molecule has 1 atom stereocenters. The number of nitrogens with two attached hydrogens (primary N) is 1. The van der Waals surface area contributed by atoms with Crippen LogP contribution in [-0.4, -0.2) is 23.4 Å². The lowest BCUT2D eigenvalue weighted by atomic mass is 10.1. The molecule has 1 aliphatic carbocycles. The molecule has 0 aliphatic heterocycles. The van der Waals surface area contributed by atoms with Crippen LogP contribution in [0.25, 0.3) is 0 Å². The number of non-ortho nitro benzene ring substituents is 1. The van der Waals surface area contributed by atoms with Gasteiger partial charge in [0.15, 0.2) is 0 Å². The molecule has 0 saturated heterocycles. The Kier molecular flexibility index (Phi) is 4.57. The van der Waals surface area contributed by atoms with Crippen molar-refractivity contribution in [2.75, 3.05) is 6.54 Å². The predicted octanol–water partition coefficient (Wildman–Crippen LogP) is 1.64. The van der Waals surface area contributed by atoms with Crippen LogP contribution in [0, 0.1) is 16.0 Å². The van der Waals surface area contributed by atoms with Crippen molar-refractivity contribution >= 4 is 23.2 Å². The third kappa shape index (κ3) is 3.68. The second kappa shape index (κ2) is 6.19. The van der Waals surface area contributed by atoms with Gasteiger partial charge in [0.1, 0.15) is 0 Å². The number of nitrogens with one attached hydrogen (secondary N) is 1. The van der Waals surface area contributed by atoms with Crippen LogP contribution < -0.4 is 11.1 Å². The molecular weight excluding hydrogens is 282 g/mol. The molecule has 0 radical (unpaired) electrons. The van der Waals surface area contributed by atoms with Crippen LogP contribution in [0.15, 0.2) is 18.2 Å². The molecule has 1 fully saturated rings. The largest absolute Gasteiger partial charge is 0.352 e. The summed E-state index contributed by atoms with van der Waals surface area (Å²) in [5, 5.41) is 13.7. The van der Waals surface area contributed by atoms with E-state index in [2.05, 4.69) is 5.32 Å². The highest BCUT2D eigenvalue weighted by atomic mass is 35.5. The number of benzene rings is 1. The molecule has 7 heteroatoms. The van der Waals surface area contributed by atoms with E-state index in [-0.39, 0.29) is 29.1 Å².